The Bertz CT molecular complexity index is 1090. The second kappa shape index (κ2) is 10.0. The first-order valence-electron chi connectivity index (χ1n) is 11.1. The van der Waals surface area contributed by atoms with E-state index in [1.54, 1.807) is 24.3 Å². The highest BCUT2D eigenvalue weighted by molar-refractivity contribution is 6.23. The van der Waals surface area contributed by atoms with E-state index in [0.717, 1.165) is 17.7 Å². The van der Waals surface area contributed by atoms with Gasteiger partial charge >= 0.3 is 5.97 Å². The molecule has 0 aliphatic carbocycles. The lowest BCUT2D eigenvalue weighted by molar-refractivity contribution is -0.132. The summed E-state index contributed by atoms with van der Waals surface area (Å²) in [7, 11) is 1.51. The number of imide groups is 1. The van der Waals surface area contributed by atoms with Crippen molar-refractivity contribution in [3.63, 3.8) is 0 Å². The Labute approximate surface area is 197 Å². The van der Waals surface area contributed by atoms with Gasteiger partial charge in [-0.3, -0.25) is 19.2 Å². The molecular formula is C25H26N2O7. The molecule has 0 saturated carbocycles. The first-order chi connectivity index (χ1) is 16.4. The number of hydrogen-bond acceptors (Lipinski definition) is 7. The minimum absolute atomic E-state index is 0.132. The van der Waals surface area contributed by atoms with Crippen molar-refractivity contribution in [3.05, 3.63) is 54.1 Å². The third-order valence-corrected chi connectivity index (χ3v) is 5.86. The standard InChI is InChI=1S/C25H26N2O7/c1-16(28)34-19-10-8-18(9-11-19)27-23(29)14-22(25(27)31)26(15-21-7-4-12-33-21)24(30)17-5-3-6-20(13-17)32-2/h3,5-6,8-11,13,21-22H,4,7,12,14-15H2,1-2H3. The van der Waals surface area contributed by atoms with Crippen molar-refractivity contribution in [3.8, 4) is 11.5 Å². The van der Waals surface area contributed by atoms with Gasteiger partial charge in [0, 0.05) is 25.6 Å². The Kier molecular flexibility index (Phi) is 6.93. The predicted octanol–water partition coefficient (Wildman–Crippen LogP) is 2.57. The molecule has 0 aromatic heterocycles. The molecule has 2 aliphatic heterocycles. The summed E-state index contributed by atoms with van der Waals surface area (Å²) in [5.41, 5.74) is 0.709. The van der Waals surface area contributed by atoms with Gasteiger partial charge in [-0.1, -0.05) is 6.07 Å². The van der Waals surface area contributed by atoms with Gasteiger partial charge in [0.2, 0.25) is 5.91 Å². The summed E-state index contributed by atoms with van der Waals surface area (Å²) >= 11 is 0. The fraction of sp³-hybridized carbons (Fsp3) is 0.360. The van der Waals surface area contributed by atoms with E-state index >= 15 is 0 Å². The molecule has 9 nitrogen and oxygen atoms in total. The Balaban J connectivity index is 1.60. The Morgan fingerprint density at radius 3 is 2.53 bits per heavy atom. The Morgan fingerprint density at radius 2 is 1.88 bits per heavy atom. The molecule has 2 fully saturated rings. The number of benzene rings is 2. The fourth-order valence-electron chi connectivity index (χ4n) is 4.24. The molecule has 0 bridgehead atoms. The van der Waals surface area contributed by atoms with E-state index in [1.807, 2.05) is 0 Å². The normalized spacial score (nSPS) is 19.9. The molecule has 178 valence electrons. The summed E-state index contributed by atoms with van der Waals surface area (Å²) in [6.07, 6.45) is 1.32. The molecule has 0 N–H and O–H groups in total. The molecule has 0 radical (unpaired) electrons. The second-order valence-electron chi connectivity index (χ2n) is 8.20. The maximum absolute atomic E-state index is 13.5. The van der Waals surface area contributed by atoms with Crippen LogP contribution in [0.1, 0.15) is 36.5 Å². The second-order valence-corrected chi connectivity index (χ2v) is 8.20. The molecule has 4 rings (SSSR count). The first-order valence-corrected chi connectivity index (χ1v) is 11.1. The summed E-state index contributed by atoms with van der Waals surface area (Å²) < 4.78 is 16.0. The average Bonchev–Trinajstić information content (AvgIpc) is 3.44. The topological polar surface area (TPSA) is 102 Å². The SMILES string of the molecule is COc1cccc(C(=O)N(CC2CCCO2)C2CC(=O)N(c3ccc(OC(C)=O)cc3)C2=O)c1. The number of nitrogens with zero attached hydrogens (tertiary/aromatic N) is 2. The quantitative estimate of drug-likeness (QED) is 0.351. The predicted molar refractivity (Wildman–Crippen MR) is 122 cm³/mol. The highest BCUT2D eigenvalue weighted by atomic mass is 16.5. The minimum Gasteiger partial charge on any atom is -0.497 e. The average molecular weight is 466 g/mol. The van der Waals surface area contributed by atoms with Gasteiger partial charge in [0.15, 0.2) is 0 Å². The van der Waals surface area contributed by atoms with Crippen LogP contribution in [-0.4, -0.2) is 61.0 Å². The third-order valence-electron chi connectivity index (χ3n) is 5.86. The van der Waals surface area contributed by atoms with Crippen LogP contribution in [0.4, 0.5) is 5.69 Å². The highest BCUT2D eigenvalue weighted by Gasteiger charge is 2.45. The van der Waals surface area contributed by atoms with E-state index in [2.05, 4.69) is 0 Å². The monoisotopic (exact) mass is 466 g/mol. The van der Waals surface area contributed by atoms with Crippen molar-refractivity contribution in [2.75, 3.05) is 25.2 Å². The number of methoxy groups -OCH3 is 1. The molecule has 2 atom stereocenters. The number of rotatable bonds is 7. The van der Waals surface area contributed by atoms with Crippen molar-refractivity contribution >= 4 is 29.4 Å². The number of anilines is 1. The van der Waals surface area contributed by atoms with Gasteiger partial charge in [-0.2, -0.15) is 0 Å². The molecule has 0 spiro atoms. The van der Waals surface area contributed by atoms with Crippen LogP contribution >= 0.6 is 0 Å². The van der Waals surface area contributed by atoms with Gasteiger partial charge < -0.3 is 19.1 Å². The van der Waals surface area contributed by atoms with Gasteiger partial charge in [0.25, 0.3) is 11.8 Å². The van der Waals surface area contributed by atoms with Gasteiger partial charge in [-0.15, -0.1) is 0 Å². The summed E-state index contributed by atoms with van der Waals surface area (Å²) in [6.45, 7) is 2.09. The number of hydrogen-bond donors (Lipinski definition) is 0. The van der Waals surface area contributed by atoms with Crippen LogP contribution in [0.25, 0.3) is 0 Å². The number of ether oxygens (including phenoxy) is 3. The van der Waals surface area contributed by atoms with Crippen LogP contribution in [0.3, 0.4) is 0 Å². The number of carbonyl (C=O) groups is 4. The van der Waals surface area contributed by atoms with Gasteiger partial charge in [-0.25, -0.2) is 4.90 Å². The number of esters is 1. The van der Waals surface area contributed by atoms with Crippen LogP contribution in [-0.2, 0) is 19.1 Å². The Morgan fingerprint density at radius 1 is 1.12 bits per heavy atom. The first kappa shape index (κ1) is 23.4. The zero-order valence-electron chi connectivity index (χ0n) is 19.1. The Hall–Kier alpha value is -3.72. The molecule has 3 amide bonds. The maximum atomic E-state index is 13.5. The minimum atomic E-state index is -0.955. The third kappa shape index (κ3) is 4.94. The number of carbonyl (C=O) groups excluding carboxylic acids is 4. The lowest BCUT2D eigenvalue weighted by Gasteiger charge is -2.30. The molecule has 2 heterocycles. The molecule has 2 saturated heterocycles. The summed E-state index contributed by atoms with van der Waals surface area (Å²) in [6, 6.07) is 11.8. The highest BCUT2D eigenvalue weighted by Crippen LogP contribution is 2.29. The summed E-state index contributed by atoms with van der Waals surface area (Å²) in [4.78, 5) is 53.5. The van der Waals surface area contributed by atoms with Crippen molar-refractivity contribution < 1.29 is 33.4 Å². The molecule has 2 aromatic carbocycles. The van der Waals surface area contributed by atoms with Crippen LogP contribution in [0, 0.1) is 0 Å². The van der Waals surface area contributed by atoms with E-state index in [9.17, 15) is 19.2 Å². The van der Waals surface area contributed by atoms with Crippen LogP contribution in [0.15, 0.2) is 48.5 Å². The molecule has 2 aromatic rings. The van der Waals surface area contributed by atoms with Crippen LogP contribution in [0.5, 0.6) is 11.5 Å². The van der Waals surface area contributed by atoms with E-state index in [1.165, 1.54) is 43.2 Å². The van der Waals surface area contributed by atoms with Crippen LogP contribution in [0.2, 0.25) is 0 Å². The smallest absolute Gasteiger partial charge is 0.308 e. The van der Waals surface area contributed by atoms with Gasteiger partial charge in [0.05, 0.1) is 25.3 Å². The van der Waals surface area contributed by atoms with Crippen LogP contribution < -0.4 is 14.4 Å². The van der Waals surface area contributed by atoms with E-state index in [0.29, 0.717) is 29.4 Å². The molecule has 2 unspecified atom stereocenters. The summed E-state index contributed by atoms with van der Waals surface area (Å²) in [5, 5.41) is 0. The molecule has 2 aliphatic rings. The summed E-state index contributed by atoms with van der Waals surface area (Å²) in [5.74, 6) is -0.911. The number of amides is 3. The molecule has 9 heteroatoms. The van der Waals surface area contributed by atoms with Crippen molar-refractivity contribution in [2.24, 2.45) is 0 Å². The fourth-order valence-corrected chi connectivity index (χ4v) is 4.24. The van der Waals surface area contributed by atoms with Gasteiger partial charge in [-0.05, 0) is 55.3 Å². The van der Waals surface area contributed by atoms with Crippen molar-refractivity contribution in [2.45, 2.75) is 38.3 Å². The molecule has 34 heavy (non-hydrogen) atoms. The molecular weight excluding hydrogens is 440 g/mol. The zero-order valence-corrected chi connectivity index (χ0v) is 19.1. The maximum Gasteiger partial charge on any atom is 0.308 e. The lowest BCUT2D eigenvalue weighted by Crippen LogP contribution is -2.48. The van der Waals surface area contributed by atoms with E-state index in [4.69, 9.17) is 14.2 Å². The van der Waals surface area contributed by atoms with E-state index < -0.39 is 23.8 Å². The van der Waals surface area contributed by atoms with Gasteiger partial charge in [0.1, 0.15) is 17.5 Å². The lowest BCUT2D eigenvalue weighted by atomic mass is 10.1. The van der Waals surface area contributed by atoms with Crippen molar-refractivity contribution in [1.29, 1.82) is 0 Å². The zero-order chi connectivity index (χ0) is 24.2. The van der Waals surface area contributed by atoms with E-state index in [-0.39, 0.29) is 25.0 Å². The largest absolute Gasteiger partial charge is 0.497 e. The van der Waals surface area contributed by atoms with Crippen molar-refractivity contribution in [1.82, 2.24) is 4.90 Å².